The molecule has 0 atom stereocenters. The maximum atomic E-state index is 11.6. The summed E-state index contributed by atoms with van der Waals surface area (Å²) in [7, 11) is 0. The summed E-state index contributed by atoms with van der Waals surface area (Å²) in [5.41, 5.74) is 6.04. The lowest BCUT2D eigenvalue weighted by molar-refractivity contribution is -0.121. The summed E-state index contributed by atoms with van der Waals surface area (Å²) in [5, 5.41) is 2.03. The predicted molar refractivity (Wildman–Crippen MR) is 72.4 cm³/mol. The number of anilines is 1. The number of hydrogen-bond donors (Lipinski definition) is 1. The van der Waals surface area contributed by atoms with Gasteiger partial charge in [-0.25, -0.2) is 0 Å². The molecule has 96 valence electrons. The Kier molecular flexibility index (Phi) is 2.77. The Morgan fingerprint density at radius 2 is 2.11 bits per heavy atom. The highest BCUT2D eigenvalue weighted by Crippen LogP contribution is 2.51. The zero-order chi connectivity index (χ0) is 12.6. The summed E-state index contributed by atoms with van der Waals surface area (Å²) in [4.78, 5) is 11.6. The number of hydrazine groups is 1. The molecule has 0 unspecified atom stereocenters. The smallest absolute Gasteiger partial charge is 0.238 e. The van der Waals surface area contributed by atoms with Crippen molar-refractivity contribution in [2.75, 3.05) is 11.6 Å². The largest absolute Gasteiger partial charge is 0.285 e. The van der Waals surface area contributed by atoms with Gasteiger partial charge in [-0.3, -0.25) is 15.2 Å². The van der Waals surface area contributed by atoms with Crippen LogP contribution in [-0.2, 0) is 10.2 Å². The fourth-order valence-corrected chi connectivity index (χ4v) is 3.21. The number of carbonyl (C=O) groups is 1. The zero-order valence-electron chi connectivity index (χ0n) is 10.9. The fraction of sp³-hybridized carbons (Fsp3) is 0.533. The van der Waals surface area contributed by atoms with Gasteiger partial charge in [0.25, 0.3) is 0 Å². The van der Waals surface area contributed by atoms with E-state index in [0.717, 1.165) is 13.0 Å². The van der Waals surface area contributed by atoms with Crippen LogP contribution in [0.15, 0.2) is 24.3 Å². The molecule has 1 fully saturated rings. The molecule has 18 heavy (non-hydrogen) atoms. The number of para-hydroxylation sites is 1. The Bertz CT molecular complexity index is 465. The zero-order valence-corrected chi connectivity index (χ0v) is 10.9. The minimum Gasteiger partial charge on any atom is -0.285 e. The second-order valence-corrected chi connectivity index (χ2v) is 5.44. The van der Waals surface area contributed by atoms with Gasteiger partial charge in [-0.1, -0.05) is 31.5 Å². The summed E-state index contributed by atoms with van der Waals surface area (Å²) >= 11 is 0. The van der Waals surface area contributed by atoms with Crippen molar-refractivity contribution in [2.24, 2.45) is 0 Å². The van der Waals surface area contributed by atoms with E-state index in [0.29, 0.717) is 11.8 Å². The van der Waals surface area contributed by atoms with E-state index in [2.05, 4.69) is 29.7 Å². The average molecular weight is 244 g/mol. The number of benzene rings is 1. The number of hydrogen-bond acceptors (Lipinski definition) is 2. The molecule has 3 rings (SSSR count). The van der Waals surface area contributed by atoms with Gasteiger partial charge in [0.15, 0.2) is 0 Å². The summed E-state index contributed by atoms with van der Waals surface area (Å²) in [6.45, 7) is 2.82. The van der Waals surface area contributed by atoms with Crippen molar-refractivity contribution in [1.82, 2.24) is 5.43 Å². The topological polar surface area (TPSA) is 32.3 Å². The molecule has 1 spiro atoms. The third kappa shape index (κ3) is 1.69. The van der Waals surface area contributed by atoms with E-state index in [1.54, 1.807) is 0 Å². The first kappa shape index (κ1) is 11.6. The second kappa shape index (κ2) is 4.30. The van der Waals surface area contributed by atoms with Gasteiger partial charge in [0.05, 0.1) is 5.69 Å². The molecule has 0 radical (unpaired) electrons. The van der Waals surface area contributed by atoms with Gasteiger partial charge in [0, 0.05) is 13.0 Å². The summed E-state index contributed by atoms with van der Waals surface area (Å²) in [5.74, 6) is 0.0920. The first-order valence-corrected chi connectivity index (χ1v) is 6.92. The number of nitrogens with zero attached hydrogens (tertiary/aromatic N) is 1. The molecule has 1 aliphatic carbocycles. The maximum Gasteiger partial charge on any atom is 0.238 e. The van der Waals surface area contributed by atoms with E-state index in [-0.39, 0.29) is 5.91 Å². The van der Waals surface area contributed by atoms with E-state index in [1.165, 1.54) is 30.5 Å². The fourth-order valence-electron chi connectivity index (χ4n) is 3.21. The van der Waals surface area contributed by atoms with E-state index < -0.39 is 0 Å². The summed E-state index contributed by atoms with van der Waals surface area (Å²) in [6.07, 6.45) is 5.65. The van der Waals surface area contributed by atoms with Crippen molar-refractivity contribution in [3.05, 3.63) is 29.8 Å². The highest BCUT2D eigenvalue weighted by Gasteiger charge is 2.43. The first-order chi connectivity index (χ1) is 8.75. The monoisotopic (exact) mass is 244 g/mol. The lowest BCUT2D eigenvalue weighted by Crippen LogP contribution is -2.51. The number of carbonyl (C=O) groups excluding carboxylic acids is 1. The lowest BCUT2D eigenvalue weighted by atomic mass is 9.61. The van der Waals surface area contributed by atoms with Gasteiger partial charge in [-0.15, -0.1) is 0 Å². The third-order valence-corrected chi connectivity index (χ3v) is 4.47. The van der Waals surface area contributed by atoms with Crippen LogP contribution < -0.4 is 10.4 Å². The molecule has 0 aromatic heterocycles. The molecular formula is C15H20N2O. The minimum absolute atomic E-state index is 0.0920. The van der Waals surface area contributed by atoms with Crippen LogP contribution in [0.3, 0.4) is 0 Å². The Hall–Kier alpha value is -1.51. The highest BCUT2D eigenvalue weighted by molar-refractivity contribution is 5.78. The molecule has 3 nitrogen and oxygen atoms in total. The average Bonchev–Trinajstić information content (AvgIpc) is 2.37. The van der Waals surface area contributed by atoms with Crippen molar-refractivity contribution in [3.8, 4) is 0 Å². The maximum absolute atomic E-state index is 11.6. The molecule has 1 aliphatic heterocycles. The van der Waals surface area contributed by atoms with Crippen LogP contribution in [0.4, 0.5) is 5.69 Å². The quantitative estimate of drug-likeness (QED) is 0.867. The van der Waals surface area contributed by atoms with E-state index >= 15 is 0 Å². The number of nitrogens with one attached hydrogen (secondary N) is 1. The SMILES string of the molecule is CCC(=O)NN1CCC2(CCC2)c2ccccc21. The van der Waals surface area contributed by atoms with Crippen molar-refractivity contribution in [2.45, 2.75) is 44.4 Å². The van der Waals surface area contributed by atoms with Crippen LogP contribution in [-0.4, -0.2) is 12.5 Å². The molecule has 1 N–H and O–H groups in total. The van der Waals surface area contributed by atoms with Gasteiger partial charge in [0.1, 0.15) is 0 Å². The molecule has 1 heterocycles. The van der Waals surface area contributed by atoms with E-state index in [9.17, 15) is 4.79 Å². The summed E-state index contributed by atoms with van der Waals surface area (Å²) < 4.78 is 0. The van der Waals surface area contributed by atoms with Crippen LogP contribution in [0.5, 0.6) is 0 Å². The molecule has 1 aromatic carbocycles. The normalized spacial score (nSPS) is 20.2. The lowest BCUT2D eigenvalue weighted by Gasteiger charge is -2.49. The van der Waals surface area contributed by atoms with Crippen LogP contribution >= 0.6 is 0 Å². The molecule has 1 saturated carbocycles. The van der Waals surface area contributed by atoms with Crippen molar-refractivity contribution < 1.29 is 4.79 Å². The Morgan fingerprint density at radius 1 is 1.33 bits per heavy atom. The van der Waals surface area contributed by atoms with Gasteiger partial charge in [0.2, 0.25) is 5.91 Å². The molecular weight excluding hydrogens is 224 g/mol. The van der Waals surface area contributed by atoms with Crippen LogP contribution in [0.25, 0.3) is 0 Å². The highest BCUT2D eigenvalue weighted by atomic mass is 16.2. The van der Waals surface area contributed by atoms with E-state index in [1.807, 2.05) is 11.9 Å². The van der Waals surface area contributed by atoms with Crippen LogP contribution in [0.1, 0.15) is 44.6 Å². The number of fused-ring (bicyclic) bond motifs is 2. The van der Waals surface area contributed by atoms with Gasteiger partial charge in [-0.2, -0.15) is 0 Å². The van der Waals surface area contributed by atoms with E-state index in [4.69, 9.17) is 0 Å². The number of amides is 1. The van der Waals surface area contributed by atoms with Gasteiger partial charge in [-0.05, 0) is 36.3 Å². The molecule has 0 saturated heterocycles. The Balaban J connectivity index is 1.92. The molecule has 1 aromatic rings. The van der Waals surface area contributed by atoms with Gasteiger partial charge >= 0.3 is 0 Å². The van der Waals surface area contributed by atoms with Gasteiger partial charge < -0.3 is 0 Å². The second-order valence-electron chi connectivity index (χ2n) is 5.44. The van der Waals surface area contributed by atoms with Crippen LogP contribution in [0, 0.1) is 0 Å². The molecule has 2 aliphatic rings. The Morgan fingerprint density at radius 3 is 2.78 bits per heavy atom. The molecule has 0 bridgehead atoms. The minimum atomic E-state index is 0.0920. The molecule has 3 heteroatoms. The first-order valence-electron chi connectivity index (χ1n) is 6.92. The van der Waals surface area contributed by atoms with Crippen molar-refractivity contribution in [3.63, 3.8) is 0 Å². The van der Waals surface area contributed by atoms with Crippen molar-refractivity contribution in [1.29, 1.82) is 0 Å². The third-order valence-electron chi connectivity index (χ3n) is 4.47. The Labute approximate surface area is 108 Å². The predicted octanol–water partition coefficient (Wildman–Crippen LogP) is 2.76. The molecule has 1 amide bonds. The standard InChI is InChI=1S/C15H20N2O/c1-2-14(18)16-17-11-10-15(8-5-9-15)12-6-3-4-7-13(12)17/h3-4,6-7H,2,5,8-11H2,1H3,(H,16,18). The van der Waals surface area contributed by atoms with Crippen molar-refractivity contribution >= 4 is 11.6 Å². The number of rotatable bonds is 2. The van der Waals surface area contributed by atoms with Crippen LogP contribution in [0.2, 0.25) is 0 Å². The summed E-state index contributed by atoms with van der Waals surface area (Å²) in [6, 6.07) is 8.54.